The molecule has 0 spiro atoms. The predicted molar refractivity (Wildman–Crippen MR) is 81.5 cm³/mol. The Morgan fingerprint density at radius 2 is 2.20 bits per heavy atom. The molecule has 2 aromatic rings. The van der Waals surface area contributed by atoms with Crippen molar-refractivity contribution in [1.82, 2.24) is 10.4 Å². The normalized spacial score (nSPS) is 12.3. The van der Waals surface area contributed by atoms with E-state index in [4.69, 9.17) is 5.84 Å². The van der Waals surface area contributed by atoms with E-state index in [1.54, 1.807) is 12.3 Å². The molecule has 0 saturated carbocycles. The first-order valence-electron chi connectivity index (χ1n) is 6.48. The van der Waals surface area contributed by atoms with Crippen LogP contribution in [0.25, 0.3) is 0 Å². The number of benzene rings is 1. The van der Waals surface area contributed by atoms with E-state index in [9.17, 15) is 4.39 Å². The largest absolute Gasteiger partial charge is 0.271 e. The van der Waals surface area contributed by atoms with E-state index in [-0.39, 0.29) is 11.9 Å². The van der Waals surface area contributed by atoms with Crippen LogP contribution in [-0.4, -0.2) is 11.0 Å². The van der Waals surface area contributed by atoms with Crippen molar-refractivity contribution < 1.29 is 4.39 Å². The molecule has 20 heavy (non-hydrogen) atoms. The van der Waals surface area contributed by atoms with Crippen molar-refractivity contribution >= 4 is 15.9 Å². The van der Waals surface area contributed by atoms with E-state index in [0.29, 0.717) is 12.0 Å². The van der Waals surface area contributed by atoms with Crippen LogP contribution in [0.1, 0.15) is 17.5 Å². The number of aromatic nitrogens is 1. The minimum atomic E-state index is -0.207. The molecule has 0 aliphatic rings. The fourth-order valence-corrected chi connectivity index (χ4v) is 2.42. The third kappa shape index (κ3) is 4.37. The molecular weight excluding hydrogens is 321 g/mol. The lowest BCUT2D eigenvalue weighted by Crippen LogP contribution is -2.37. The standard InChI is InChI=1S/C15H17BrFN3/c16-13-5-4-12(15(17)9-13)8-14(20-18)6-3-11-2-1-7-19-10-11/h1-2,4-5,7,9-10,14,20H,3,6,8,18H2. The third-order valence-electron chi connectivity index (χ3n) is 3.22. The molecule has 0 aliphatic carbocycles. The van der Waals surface area contributed by atoms with Crippen molar-refractivity contribution in [2.45, 2.75) is 25.3 Å². The Bertz CT molecular complexity index is 548. The molecule has 3 N–H and O–H groups in total. The summed E-state index contributed by atoms with van der Waals surface area (Å²) >= 11 is 3.25. The zero-order valence-corrected chi connectivity index (χ0v) is 12.6. The number of nitrogens with one attached hydrogen (secondary N) is 1. The van der Waals surface area contributed by atoms with Crippen molar-refractivity contribution in [1.29, 1.82) is 0 Å². The maximum Gasteiger partial charge on any atom is 0.127 e. The average molecular weight is 338 g/mol. The van der Waals surface area contributed by atoms with Crippen LogP contribution in [0.15, 0.2) is 47.2 Å². The summed E-state index contributed by atoms with van der Waals surface area (Å²) in [5.74, 6) is 5.36. The Hall–Kier alpha value is -1.30. The summed E-state index contributed by atoms with van der Waals surface area (Å²) < 4.78 is 14.5. The molecule has 106 valence electrons. The molecule has 0 fully saturated rings. The summed E-state index contributed by atoms with van der Waals surface area (Å²) in [6.07, 6.45) is 5.85. The van der Waals surface area contributed by atoms with Crippen molar-refractivity contribution in [3.05, 3.63) is 64.1 Å². The van der Waals surface area contributed by atoms with Gasteiger partial charge in [0.05, 0.1) is 0 Å². The summed E-state index contributed by atoms with van der Waals surface area (Å²) in [4.78, 5) is 4.08. The Morgan fingerprint density at radius 1 is 1.35 bits per heavy atom. The van der Waals surface area contributed by atoms with Crippen LogP contribution in [0.4, 0.5) is 4.39 Å². The molecule has 0 radical (unpaired) electrons. The van der Waals surface area contributed by atoms with Gasteiger partial charge in [0, 0.05) is 22.9 Å². The highest BCUT2D eigenvalue weighted by Gasteiger charge is 2.11. The first-order valence-corrected chi connectivity index (χ1v) is 7.27. The molecule has 2 rings (SSSR count). The number of hydrogen-bond donors (Lipinski definition) is 2. The van der Waals surface area contributed by atoms with Gasteiger partial charge >= 0.3 is 0 Å². The van der Waals surface area contributed by atoms with Gasteiger partial charge in [0.1, 0.15) is 5.82 Å². The molecule has 1 aromatic heterocycles. The molecule has 0 bridgehead atoms. The monoisotopic (exact) mass is 337 g/mol. The number of nitrogens with zero attached hydrogens (tertiary/aromatic N) is 1. The minimum absolute atomic E-state index is 0.0332. The van der Waals surface area contributed by atoms with Gasteiger partial charge in [-0.1, -0.05) is 28.1 Å². The van der Waals surface area contributed by atoms with E-state index < -0.39 is 0 Å². The van der Waals surface area contributed by atoms with Crippen molar-refractivity contribution in [3.63, 3.8) is 0 Å². The van der Waals surface area contributed by atoms with Crippen LogP contribution in [0.2, 0.25) is 0 Å². The van der Waals surface area contributed by atoms with Crippen LogP contribution < -0.4 is 11.3 Å². The number of halogens is 2. The topological polar surface area (TPSA) is 50.9 Å². The van der Waals surface area contributed by atoms with Gasteiger partial charge in [0.25, 0.3) is 0 Å². The zero-order chi connectivity index (χ0) is 14.4. The number of nitrogens with two attached hydrogens (primary N) is 1. The molecule has 1 aromatic carbocycles. The Morgan fingerprint density at radius 3 is 2.85 bits per heavy atom. The zero-order valence-electron chi connectivity index (χ0n) is 11.0. The smallest absolute Gasteiger partial charge is 0.127 e. The SMILES string of the molecule is NNC(CCc1cccnc1)Cc1ccc(Br)cc1F. The highest BCUT2D eigenvalue weighted by Crippen LogP contribution is 2.17. The van der Waals surface area contributed by atoms with Gasteiger partial charge in [-0.3, -0.25) is 16.3 Å². The first kappa shape index (κ1) is 15.1. The van der Waals surface area contributed by atoms with Crippen LogP contribution in [-0.2, 0) is 12.8 Å². The lowest BCUT2D eigenvalue weighted by molar-refractivity contribution is 0.480. The molecular formula is C15H17BrFN3. The summed E-state index contributed by atoms with van der Waals surface area (Å²) in [6.45, 7) is 0. The second-order valence-corrected chi connectivity index (χ2v) is 5.62. The molecule has 0 amide bonds. The summed E-state index contributed by atoms with van der Waals surface area (Å²) in [6, 6.07) is 9.08. The summed E-state index contributed by atoms with van der Waals surface area (Å²) in [7, 11) is 0. The lowest BCUT2D eigenvalue weighted by atomic mass is 10.00. The third-order valence-corrected chi connectivity index (χ3v) is 3.71. The molecule has 0 saturated heterocycles. The second kappa shape index (κ2) is 7.47. The number of hydrogen-bond acceptors (Lipinski definition) is 3. The molecule has 1 heterocycles. The van der Waals surface area contributed by atoms with Gasteiger partial charge in [-0.05, 0) is 48.6 Å². The summed E-state index contributed by atoms with van der Waals surface area (Å²) in [5, 5.41) is 0. The fraction of sp³-hybridized carbons (Fsp3) is 0.267. The van der Waals surface area contributed by atoms with Crippen molar-refractivity contribution in [2.24, 2.45) is 5.84 Å². The predicted octanol–water partition coefficient (Wildman–Crippen LogP) is 2.99. The van der Waals surface area contributed by atoms with Crippen LogP contribution in [0, 0.1) is 5.82 Å². The molecule has 0 aliphatic heterocycles. The first-order chi connectivity index (χ1) is 9.69. The Kier molecular flexibility index (Phi) is 5.64. The van der Waals surface area contributed by atoms with Crippen LogP contribution in [0.5, 0.6) is 0 Å². The highest BCUT2D eigenvalue weighted by atomic mass is 79.9. The summed E-state index contributed by atoms with van der Waals surface area (Å²) in [5.41, 5.74) is 4.59. The molecule has 1 unspecified atom stereocenters. The maximum absolute atomic E-state index is 13.8. The van der Waals surface area contributed by atoms with E-state index in [0.717, 1.165) is 22.9 Å². The lowest BCUT2D eigenvalue weighted by Gasteiger charge is -2.16. The Labute approximate surface area is 126 Å². The molecule has 5 heteroatoms. The Balaban J connectivity index is 1.95. The van der Waals surface area contributed by atoms with E-state index >= 15 is 0 Å². The molecule has 1 atom stereocenters. The van der Waals surface area contributed by atoms with Gasteiger partial charge in [0.15, 0.2) is 0 Å². The van der Waals surface area contributed by atoms with Gasteiger partial charge in [-0.25, -0.2) is 4.39 Å². The average Bonchev–Trinajstić information content (AvgIpc) is 2.46. The number of aryl methyl sites for hydroxylation is 1. The fourth-order valence-electron chi connectivity index (χ4n) is 2.08. The van der Waals surface area contributed by atoms with Gasteiger partial charge in [-0.2, -0.15) is 0 Å². The van der Waals surface area contributed by atoms with Gasteiger partial charge < -0.3 is 0 Å². The molecule has 3 nitrogen and oxygen atoms in total. The highest BCUT2D eigenvalue weighted by molar-refractivity contribution is 9.10. The number of pyridine rings is 1. The second-order valence-electron chi connectivity index (χ2n) is 4.70. The van der Waals surface area contributed by atoms with E-state index in [1.165, 1.54) is 6.07 Å². The van der Waals surface area contributed by atoms with Crippen LogP contribution >= 0.6 is 15.9 Å². The maximum atomic E-state index is 13.8. The van der Waals surface area contributed by atoms with Crippen LogP contribution in [0.3, 0.4) is 0 Å². The van der Waals surface area contributed by atoms with Crippen molar-refractivity contribution in [2.75, 3.05) is 0 Å². The van der Waals surface area contributed by atoms with Gasteiger partial charge in [-0.15, -0.1) is 0 Å². The quantitative estimate of drug-likeness (QED) is 0.629. The number of hydrazine groups is 1. The van der Waals surface area contributed by atoms with Gasteiger partial charge in [0.2, 0.25) is 0 Å². The number of rotatable bonds is 6. The van der Waals surface area contributed by atoms with E-state index in [1.807, 2.05) is 24.4 Å². The van der Waals surface area contributed by atoms with E-state index in [2.05, 4.69) is 26.3 Å². The van der Waals surface area contributed by atoms with Crippen molar-refractivity contribution in [3.8, 4) is 0 Å². The minimum Gasteiger partial charge on any atom is -0.271 e.